The molecule has 1 atom stereocenters. The molecule has 0 saturated heterocycles. The summed E-state index contributed by atoms with van der Waals surface area (Å²) in [5.74, 6) is -0.260. The van der Waals surface area contributed by atoms with Gasteiger partial charge in [-0.3, -0.25) is 0 Å². The van der Waals surface area contributed by atoms with Crippen molar-refractivity contribution in [2.24, 2.45) is 0 Å². The van der Waals surface area contributed by atoms with Gasteiger partial charge < -0.3 is 5.11 Å². The topological polar surface area (TPSA) is 20.2 Å². The zero-order valence-corrected chi connectivity index (χ0v) is 11.7. The van der Waals surface area contributed by atoms with Crippen molar-refractivity contribution in [2.75, 3.05) is 0 Å². The maximum absolute atomic E-state index is 13.1. The third kappa shape index (κ3) is 3.15. The van der Waals surface area contributed by atoms with Crippen molar-refractivity contribution in [1.82, 2.24) is 0 Å². The van der Waals surface area contributed by atoms with Gasteiger partial charge in [-0.15, -0.1) is 11.3 Å². The van der Waals surface area contributed by atoms with E-state index in [0.717, 1.165) is 20.5 Å². The zero-order chi connectivity index (χ0) is 12.4. The van der Waals surface area contributed by atoms with Gasteiger partial charge in [0.15, 0.2) is 0 Å². The average Bonchev–Trinajstić information content (AvgIpc) is 2.70. The van der Waals surface area contributed by atoms with E-state index >= 15 is 0 Å². The number of halogens is 2. The largest absolute Gasteiger partial charge is 0.388 e. The number of thiophene rings is 1. The lowest BCUT2D eigenvalue weighted by Crippen LogP contribution is -2.02. The van der Waals surface area contributed by atoms with Crippen LogP contribution in [0.2, 0.25) is 0 Å². The highest BCUT2D eigenvalue weighted by Gasteiger charge is 2.12. The van der Waals surface area contributed by atoms with Gasteiger partial charge in [-0.25, -0.2) is 4.39 Å². The first-order valence-electron chi connectivity index (χ1n) is 5.23. The molecule has 1 aromatic carbocycles. The van der Waals surface area contributed by atoms with Crippen LogP contribution >= 0.6 is 27.3 Å². The summed E-state index contributed by atoms with van der Waals surface area (Å²) in [7, 11) is 0. The third-order valence-electron chi connectivity index (χ3n) is 2.70. The zero-order valence-electron chi connectivity index (χ0n) is 9.28. The van der Waals surface area contributed by atoms with E-state index < -0.39 is 6.10 Å². The van der Waals surface area contributed by atoms with Gasteiger partial charge in [0, 0.05) is 6.42 Å². The van der Waals surface area contributed by atoms with Crippen LogP contribution in [0, 0.1) is 12.7 Å². The van der Waals surface area contributed by atoms with Gasteiger partial charge in [-0.1, -0.05) is 6.07 Å². The Morgan fingerprint density at radius 3 is 2.82 bits per heavy atom. The molecular weight excluding hydrogens is 303 g/mol. The normalized spacial score (nSPS) is 12.7. The van der Waals surface area contributed by atoms with E-state index in [9.17, 15) is 9.50 Å². The van der Waals surface area contributed by atoms with Crippen LogP contribution in [0.25, 0.3) is 0 Å². The lowest BCUT2D eigenvalue weighted by atomic mass is 10.00. The van der Waals surface area contributed by atoms with Gasteiger partial charge in [-0.2, -0.15) is 0 Å². The van der Waals surface area contributed by atoms with Crippen molar-refractivity contribution in [3.63, 3.8) is 0 Å². The van der Waals surface area contributed by atoms with Crippen molar-refractivity contribution in [3.8, 4) is 0 Å². The minimum Gasteiger partial charge on any atom is -0.388 e. The molecule has 1 heterocycles. The summed E-state index contributed by atoms with van der Waals surface area (Å²) in [5.41, 5.74) is 2.71. The highest BCUT2D eigenvalue weighted by molar-refractivity contribution is 9.11. The van der Waals surface area contributed by atoms with Crippen LogP contribution in [-0.2, 0) is 6.42 Å². The second kappa shape index (κ2) is 5.29. The first kappa shape index (κ1) is 12.7. The summed E-state index contributed by atoms with van der Waals surface area (Å²) in [6, 6.07) is 6.55. The quantitative estimate of drug-likeness (QED) is 0.898. The summed E-state index contributed by atoms with van der Waals surface area (Å²) >= 11 is 4.89. The first-order chi connectivity index (χ1) is 8.06. The summed E-state index contributed by atoms with van der Waals surface area (Å²) in [4.78, 5) is 0. The van der Waals surface area contributed by atoms with Crippen molar-refractivity contribution in [2.45, 2.75) is 19.4 Å². The Kier molecular flexibility index (Phi) is 3.97. The predicted octanol–water partition coefficient (Wildman–Crippen LogP) is 4.23. The molecule has 2 rings (SSSR count). The number of aliphatic hydroxyl groups is 1. The van der Waals surface area contributed by atoms with Crippen molar-refractivity contribution >= 4 is 27.3 Å². The number of hydrogen-bond donors (Lipinski definition) is 1. The summed E-state index contributed by atoms with van der Waals surface area (Å²) in [5, 5.41) is 12.0. The molecule has 1 aromatic heterocycles. The SMILES string of the molecule is Cc1ccc(F)cc1CC(O)c1csc(Br)c1. The molecule has 0 spiro atoms. The predicted molar refractivity (Wildman–Crippen MR) is 71.8 cm³/mol. The van der Waals surface area contributed by atoms with Gasteiger partial charge in [0.25, 0.3) is 0 Å². The maximum atomic E-state index is 13.1. The van der Waals surface area contributed by atoms with Gasteiger partial charge in [0.1, 0.15) is 5.82 Å². The van der Waals surface area contributed by atoms with Gasteiger partial charge in [0.05, 0.1) is 9.89 Å². The highest BCUT2D eigenvalue weighted by Crippen LogP contribution is 2.28. The van der Waals surface area contributed by atoms with E-state index in [1.54, 1.807) is 6.07 Å². The molecule has 0 aliphatic carbocycles. The molecule has 1 N–H and O–H groups in total. The number of aryl methyl sites for hydroxylation is 1. The summed E-state index contributed by atoms with van der Waals surface area (Å²) in [6.07, 6.45) is -0.148. The number of rotatable bonds is 3. The number of aliphatic hydroxyl groups excluding tert-OH is 1. The second-order valence-electron chi connectivity index (χ2n) is 3.97. The highest BCUT2D eigenvalue weighted by atomic mass is 79.9. The number of hydrogen-bond acceptors (Lipinski definition) is 2. The van der Waals surface area contributed by atoms with Crippen LogP contribution in [0.15, 0.2) is 33.4 Å². The van der Waals surface area contributed by atoms with Crippen LogP contribution in [0.4, 0.5) is 4.39 Å². The Morgan fingerprint density at radius 1 is 1.41 bits per heavy atom. The molecule has 17 heavy (non-hydrogen) atoms. The van der Waals surface area contributed by atoms with Gasteiger partial charge >= 0.3 is 0 Å². The maximum Gasteiger partial charge on any atom is 0.123 e. The lowest BCUT2D eigenvalue weighted by Gasteiger charge is -2.11. The van der Waals surface area contributed by atoms with Crippen molar-refractivity contribution in [3.05, 3.63) is 55.9 Å². The summed E-state index contributed by atoms with van der Waals surface area (Å²) in [6.45, 7) is 1.92. The van der Waals surface area contributed by atoms with Crippen molar-refractivity contribution < 1.29 is 9.50 Å². The summed E-state index contributed by atoms with van der Waals surface area (Å²) < 4.78 is 14.1. The Labute approximate surface area is 112 Å². The molecule has 0 amide bonds. The molecule has 1 unspecified atom stereocenters. The smallest absolute Gasteiger partial charge is 0.123 e. The molecule has 90 valence electrons. The van der Waals surface area contributed by atoms with E-state index in [1.165, 1.54) is 23.5 Å². The third-order valence-corrected chi connectivity index (χ3v) is 4.22. The van der Waals surface area contributed by atoms with E-state index in [4.69, 9.17) is 0 Å². The van der Waals surface area contributed by atoms with Crippen molar-refractivity contribution in [1.29, 1.82) is 0 Å². The van der Waals surface area contributed by atoms with Crippen LogP contribution < -0.4 is 0 Å². The van der Waals surface area contributed by atoms with Crippen LogP contribution in [0.3, 0.4) is 0 Å². The standard InChI is InChI=1S/C13H12BrFOS/c1-8-2-3-11(15)4-9(8)5-12(16)10-6-13(14)17-7-10/h2-4,6-7,12,16H,5H2,1H3. The van der Waals surface area contributed by atoms with Gasteiger partial charge in [-0.05, 0) is 63.1 Å². The molecule has 0 saturated carbocycles. The molecule has 0 radical (unpaired) electrons. The Bertz CT molecular complexity index is 524. The second-order valence-corrected chi connectivity index (χ2v) is 6.27. The Balaban J connectivity index is 2.18. The van der Waals surface area contributed by atoms with E-state index in [-0.39, 0.29) is 5.82 Å². The van der Waals surface area contributed by atoms with E-state index in [0.29, 0.717) is 6.42 Å². The van der Waals surface area contributed by atoms with E-state index in [1.807, 2.05) is 18.4 Å². The fraction of sp³-hybridized carbons (Fsp3) is 0.231. The Hall–Kier alpha value is -0.710. The monoisotopic (exact) mass is 314 g/mol. The fourth-order valence-electron chi connectivity index (χ4n) is 1.68. The molecule has 0 aliphatic rings. The molecule has 2 aromatic rings. The fourth-order valence-corrected chi connectivity index (χ4v) is 2.91. The minimum absolute atomic E-state index is 0.260. The van der Waals surface area contributed by atoms with Crippen LogP contribution in [-0.4, -0.2) is 5.11 Å². The van der Waals surface area contributed by atoms with Gasteiger partial charge in [0.2, 0.25) is 0 Å². The van der Waals surface area contributed by atoms with Crippen LogP contribution in [0.1, 0.15) is 22.8 Å². The number of benzene rings is 1. The molecule has 0 aliphatic heterocycles. The molecule has 0 fully saturated rings. The molecule has 0 bridgehead atoms. The van der Waals surface area contributed by atoms with E-state index in [2.05, 4.69) is 15.9 Å². The van der Waals surface area contributed by atoms with Crippen LogP contribution in [0.5, 0.6) is 0 Å². The molecular formula is C13H12BrFOS. The minimum atomic E-state index is -0.585. The average molecular weight is 315 g/mol. The Morgan fingerprint density at radius 2 is 2.18 bits per heavy atom. The molecule has 1 nitrogen and oxygen atoms in total. The molecule has 4 heteroatoms. The lowest BCUT2D eigenvalue weighted by molar-refractivity contribution is 0.178. The first-order valence-corrected chi connectivity index (χ1v) is 6.90.